The first-order chi connectivity index (χ1) is 12.4. The van der Waals surface area contributed by atoms with Gasteiger partial charge in [-0.25, -0.2) is 12.7 Å². The second kappa shape index (κ2) is 7.96. The molecule has 1 atom stereocenters. The number of benzene rings is 1. The van der Waals surface area contributed by atoms with E-state index >= 15 is 0 Å². The number of aromatic nitrogens is 3. The third-order valence-corrected chi connectivity index (χ3v) is 5.93. The fourth-order valence-corrected chi connectivity index (χ4v) is 4.03. The molecule has 0 aliphatic carbocycles. The maximum atomic E-state index is 12.7. The predicted molar refractivity (Wildman–Crippen MR) is 96.5 cm³/mol. The summed E-state index contributed by atoms with van der Waals surface area (Å²) in [6.45, 7) is 1.20. The second-order valence-electron chi connectivity index (χ2n) is 6.49. The minimum absolute atomic E-state index is 0.0563. The Kier molecular flexibility index (Phi) is 5.67. The van der Waals surface area contributed by atoms with E-state index < -0.39 is 10.0 Å². The summed E-state index contributed by atoms with van der Waals surface area (Å²) in [4.78, 5) is 14.3. The quantitative estimate of drug-likeness (QED) is 0.803. The molecule has 1 amide bonds. The Labute approximate surface area is 153 Å². The van der Waals surface area contributed by atoms with E-state index in [2.05, 4.69) is 15.5 Å². The van der Waals surface area contributed by atoms with Crippen LogP contribution in [0, 0.1) is 5.92 Å². The van der Waals surface area contributed by atoms with Crippen LogP contribution in [0.4, 0.5) is 0 Å². The van der Waals surface area contributed by atoms with Crippen LogP contribution in [0.2, 0.25) is 0 Å². The normalized spacial score (nSPS) is 17.7. The summed E-state index contributed by atoms with van der Waals surface area (Å²) >= 11 is 0. The molecule has 8 nitrogen and oxygen atoms in total. The van der Waals surface area contributed by atoms with Crippen molar-refractivity contribution in [2.24, 2.45) is 5.92 Å². The largest absolute Gasteiger partial charge is 0.347 e. The van der Waals surface area contributed by atoms with Crippen LogP contribution in [0.3, 0.4) is 0 Å². The zero-order valence-corrected chi connectivity index (χ0v) is 15.5. The minimum Gasteiger partial charge on any atom is -0.347 e. The highest BCUT2D eigenvalue weighted by Gasteiger charge is 2.30. The van der Waals surface area contributed by atoms with Gasteiger partial charge in [-0.3, -0.25) is 4.79 Å². The molecule has 140 valence electrons. The lowest BCUT2D eigenvalue weighted by atomic mass is 9.96. The van der Waals surface area contributed by atoms with E-state index in [1.807, 2.05) is 30.3 Å². The number of nitrogens with one attached hydrogen (secondary N) is 1. The van der Waals surface area contributed by atoms with E-state index in [1.165, 1.54) is 10.6 Å². The van der Waals surface area contributed by atoms with Crippen LogP contribution in [-0.2, 0) is 21.4 Å². The van der Waals surface area contributed by atoms with Gasteiger partial charge in [0.05, 0.1) is 31.2 Å². The summed E-state index contributed by atoms with van der Waals surface area (Å²) in [6, 6.07) is 9.45. The molecule has 9 heteroatoms. The van der Waals surface area contributed by atoms with Crippen molar-refractivity contribution in [2.75, 3.05) is 19.3 Å². The maximum Gasteiger partial charge on any atom is 0.223 e. The number of nitrogens with zero attached hydrogens (tertiary/aromatic N) is 4. The molecule has 26 heavy (non-hydrogen) atoms. The Morgan fingerprint density at radius 2 is 1.81 bits per heavy atom. The lowest BCUT2D eigenvalue weighted by molar-refractivity contribution is -0.127. The molecule has 0 unspecified atom stereocenters. The van der Waals surface area contributed by atoms with E-state index in [9.17, 15) is 13.2 Å². The van der Waals surface area contributed by atoms with Crippen LogP contribution < -0.4 is 5.32 Å². The number of hydrogen-bond acceptors (Lipinski definition) is 5. The lowest BCUT2D eigenvalue weighted by Gasteiger charge is -2.30. The first-order valence-electron chi connectivity index (χ1n) is 8.58. The number of sulfonamides is 1. The van der Waals surface area contributed by atoms with Gasteiger partial charge < -0.3 is 5.32 Å². The van der Waals surface area contributed by atoms with Gasteiger partial charge in [0.2, 0.25) is 15.9 Å². The van der Waals surface area contributed by atoms with Gasteiger partial charge in [0.15, 0.2) is 0 Å². The summed E-state index contributed by atoms with van der Waals surface area (Å²) in [5.74, 6) is -0.246. The fourth-order valence-electron chi connectivity index (χ4n) is 3.16. The minimum atomic E-state index is -3.19. The van der Waals surface area contributed by atoms with Crippen LogP contribution in [0.25, 0.3) is 0 Å². The van der Waals surface area contributed by atoms with E-state index in [4.69, 9.17) is 0 Å². The molecule has 1 N–H and O–H groups in total. The van der Waals surface area contributed by atoms with Crippen LogP contribution >= 0.6 is 0 Å². The van der Waals surface area contributed by atoms with E-state index in [1.54, 1.807) is 17.2 Å². The molecule has 1 aromatic heterocycles. The highest BCUT2D eigenvalue weighted by Crippen LogP contribution is 2.21. The summed E-state index contributed by atoms with van der Waals surface area (Å²) in [6.07, 6.45) is 5.46. The van der Waals surface area contributed by atoms with Gasteiger partial charge >= 0.3 is 0 Å². The first kappa shape index (κ1) is 18.5. The average Bonchev–Trinajstić information content (AvgIpc) is 3.14. The molecule has 1 aromatic carbocycles. The van der Waals surface area contributed by atoms with Crippen molar-refractivity contribution in [3.8, 4) is 0 Å². The zero-order valence-electron chi connectivity index (χ0n) is 14.7. The van der Waals surface area contributed by atoms with Gasteiger partial charge in [0.1, 0.15) is 0 Å². The number of carbonyl (C=O) groups is 1. The van der Waals surface area contributed by atoms with Gasteiger partial charge in [0, 0.05) is 19.0 Å². The molecule has 0 saturated carbocycles. The smallest absolute Gasteiger partial charge is 0.223 e. The third-order valence-electron chi connectivity index (χ3n) is 4.62. The number of piperidine rings is 1. The SMILES string of the molecule is CS(=O)(=O)N1CCC(C(=O)N[C@@H](Cn2nccn2)c2ccccc2)CC1. The Bertz CT molecular complexity index is 815. The molecule has 3 rings (SSSR count). The van der Waals surface area contributed by atoms with Crippen molar-refractivity contribution in [1.29, 1.82) is 0 Å². The van der Waals surface area contributed by atoms with E-state index in [-0.39, 0.29) is 17.9 Å². The topological polar surface area (TPSA) is 97.2 Å². The zero-order chi connectivity index (χ0) is 18.6. The van der Waals surface area contributed by atoms with E-state index in [0.717, 1.165) is 5.56 Å². The Balaban J connectivity index is 1.66. The van der Waals surface area contributed by atoms with Crippen LogP contribution in [0.1, 0.15) is 24.4 Å². The highest BCUT2D eigenvalue weighted by molar-refractivity contribution is 7.88. The summed E-state index contributed by atoms with van der Waals surface area (Å²) < 4.78 is 24.7. The summed E-state index contributed by atoms with van der Waals surface area (Å²) in [5, 5.41) is 11.3. The summed E-state index contributed by atoms with van der Waals surface area (Å²) in [7, 11) is -3.19. The number of amides is 1. The molecule has 1 fully saturated rings. The van der Waals surface area contributed by atoms with Crippen LogP contribution in [0.5, 0.6) is 0 Å². The van der Waals surface area contributed by atoms with Crippen molar-refractivity contribution in [2.45, 2.75) is 25.4 Å². The molecule has 1 aliphatic rings. The molecule has 0 radical (unpaired) electrons. The molecule has 1 aliphatic heterocycles. The van der Waals surface area contributed by atoms with Crippen molar-refractivity contribution in [1.82, 2.24) is 24.6 Å². The monoisotopic (exact) mass is 377 g/mol. The Morgan fingerprint density at radius 3 is 2.38 bits per heavy atom. The molecular weight excluding hydrogens is 354 g/mol. The molecule has 2 heterocycles. The van der Waals surface area contributed by atoms with Crippen LogP contribution in [-0.4, -0.2) is 53.0 Å². The van der Waals surface area contributed by atoms with Gasteiger partial charge in [-0.15, -0.1) is 0 Å². The molecule has 0 spiro atoms. The lowest BCUT2D eigenvalue weighted by Crippen LogP contribution is -2.43. The number of carbonyl (C=O) groups excluding carboxylic acids is 1. The Morgan fingerprint density at radius 1 is 1.19 bits per heavy atom. The van der Waals surface area contributed by atoms with Crippen molar-refractivity contribution in [3.05, 3.63) is 48.3 Å². The maximum absolute atomic E-state index is 12.7. The molecule has 1 saturated heterocycles. The average molecular weight is 377 g/mol. The van der Waals surface area contributed by atoms with Gasteiger partial charge in [-0.05, 0) is 18.4 Å². The molecule has 2 aromatic rings. The second-order valence-corrected chi connectivity index (χ2v) is 8.47. The Hall–Kier alpha value is -2.26. The van der Waals surface area contributed by atoms with Gasteiger partial charge in [-0.1, -0.05) is 30.3 Å². The van der Waals surface area contributed by atoms with Gasteiger partial charge in [-0.2, -0.15) is 15.0 Å². The van der Waals surface area contributed by atoms with E-state index in [0.29, 0.717) is 32.5 Å². The standard InChI is InChI=1S/C17H23N5O3S/c1-26(24,25)21-11-7-15(8-12-21)17(23)20-16(13-22-18-9-10-19-22)14-5-3-2-4-6-14/h2-6,9-10,15-16H,7-8,11-13H2,1H3,(H,20,23)/t16-/m0/s1. The predicted octanol–water partition coefficient (Wildman–Crippen LogP) is 0.807. The third kappa shape index (κ3) is 4.67. The van der Waals surface area contributed by atoms with Crippen LogP contribution in [0.15, 0.2) is 42.7 Å². The summed E-state index contributed by atoms with van der Waals surface area (Å²) in [5.41, 5.74) is 0.978. The first-order valence-corrected chi connectivity index (χ1v) is 10.4. The molecular formula is C17H23N5O3S. The van der Waals surface area contributed by atoms with Crippen molar-refractivity contribution >= 4 is 15.9 Å². The fraction of sp³-hybridized carbons (Fsp3) is 0.471. The van der Waals surface area contributed by atoms with Crippen molar-refractivity contribution < 1.29 is 13.2 Å². The highest BCUT2D eigenvalue weighted by atomic mass is 32.2. The molecule has 0 bridgehead atoms. The van der Waals surface area contributed by atoms with Crippen molar-refractivity contribution in [3.63, 3.8) is 0 Å². The number of hydrogen-bond donors (Lipinski definition) is 1. The van der Waals surface area contributed by atoms with Gasteiger partial charge in [0.25, 0.3) is 0 Å². The number of rotatable bonds is 6.